The van der Waals surface area contributed by atoms with Crippen LogP contribution in [0.25, 0.3) is 0 Å². The lowest BCUT2D eigenvalue weighted by atomic mass is 10.1. The van der Waals surface area contributed by atoms with E-state index in [4.69, 9.17) is 14.7 Å². The third kappa shape index (κ3) is 4.88. The van der Waals surface area contributed by atoms with E-state index >= 15 is 0 Å². The minimum atomic E-state index is -0.526. The summed E-state index contributed by atoms with van der Waals surface area (Å²) < 4.78 is 10.2. The van der Waals surface area contributed by atoms with Crippen LogP contribution in [0.4, 0.5) is 4.79 Å². The molecule has 1 rings (SSSR count). The first-order valence-electron chi connectivity index (χ1n) is 5.89. The summed E-state index contributed by atoms with van der Waals surface area (Å²) in [5.41, 5.74) is 0.719. The summed E-state index contributed by atoms with van der Waals surface area (Å²) in [6.45, 7) is 5.70. The van der Waals surface area contributed by atoms with Gasteiger partial charge < -0.3 is 14.8 Å². The third-order valence-electron chi connectivity index (χ3n) is 2.22. The van der Waals surface area contributed by atoms with Gasteiger partial charge in [-0.1, -0.05) is 6.07 Å². The number of methoxy groups -OCH3 is 1. The van der Waals surface area contributed by atoms with E-state index in [1.54, 1.807) is 39.0 Å². The molecule has 0 unspecified atom stereocenters. The van der Waals surface area contributed by atoms with E-state index in [1.165, 1.54) is 7.11 Å². The molecular formula is C14H18N2O3. The number of rotatable bonds is 3. The fourth-order valence-electron chi connectivity index (χ4n) is 1.44. The number of amides is 1. The molecule has 102 valence electrons. The lowest BCUT2D eigenvalue weighted by Gasteiger charge is -2.19. The SMILES string of the molecule is COc1ccc(CNC(=O)OC(C)(C)C)cc1C#N. The Morgan fingerprint density at radius 2 is 2.11 bits per heavy atom. The number of nitrogens with one attached hydrogen (secondary N) is 1. The number of carbonyl (C=O) groups is 1. The zero-order chi connectivity index (χ0) is 14.5. The highest BCUT2D eigenvalue weighted by molar-refractivity contribution is 5.67. The van der Waals surface area contributed by atoms with Crippen molar-refractivity contribution in [3.05, 3.63) is 29.3 Å². The normalized spacial score (nSPS) is 10.5. The van der Waals surface area contributed by atoms with Crippen molar-refractivity contribution in [2.45, 2.75) is 32.9 Å². The zero-order valence-corrected chi connectivity index (χ0v) is 11.6. The van der Waals surface area contributed by atoms with Gasteiger partial charge in [-0.2, -0.15) is 5.26 Å². The van der Waals surface area contributed by atoms with Gasteiger partial charge in [0.05, 0.1) is 12.7 Å². The minimum absolute atomic E-state index is 0.299. The molecule has 0 spiro atoms. The molecule has 0 heterocycles. The molecule has 5 nitrogen and oxygen atoms in total. The molecule has 0 bridgehead atoms. The van der Waals surface area contributed by atoms with Gasteiger partial charge in [0, 0.05) is 6.54 Å². The second-order valence-corrected chi connectivity index (χ2v) is 5.00. The van der Waals surface area contributed by atoms with Crippen LogP contribution in [0.2, 0.25) is 0 Å². The molecule has 0 aliphatic carbocycles. The maximum absolute atomic E-state index is 11.5. The molecule has 1 amide bonds. The zero-order valence-electron chi connectivity index (χ0n) is 11.6. The van der Waals surface area contributed by atoms with Crippen LogP contribution in [0.15, 0.2) is 18.2 Å². The van der Waals surface area contributed by atoms with Crippen LogP contribution in [0.1, 0.15) is 31.9 Å². The van der Waals surface area contributed by atoms with Crippen molar-refractivity contribution in [2.75, 3.05) is 7.11 Å². The van der Waals surface area contributed by atoms with Gasteiger partial charge in [0.1, 0.15) is 17.4 Å². The van der Waals surface area contributed by atoms with Crippen LogP contribution in [0.3, 0.4) is 0 Å². The summed E-state index contributed by atoms with van der Waals surface area (Å²) >= 11 is 0. The van der Waals surface area contributed by atoms with Crippen LogP contribution in [-0.2, 0) is 11.3 Å². The maximum Gasteiger partial charge on any atom is 0.407 e. The molecule has 0 fully saturated rings. The van der Waals surface area contributed by atoms with Crippen LogP contribution < -0.4 is 10.1 Å². The molecular weight excluding hydrogens is 244 g/mol. The Morgan fingerprint density at radius 3 is 2.63 bits per heavy atom. The largest absolute Gasteiger partial charge is 0.495 e. The predicted octanol–water partition coefficient (Wildman–Crippen LogP) is 2.59. The summed E-state index contributed by atoms with van der Waals surface area (Å²) in [5, 5.41) is 11.6. The van der Waals surface area contributed by atoms with Crippen molar-refractivity contribution < 1.29 is 14.3 Å². The molecule has 1 aromatic rings. The van der Waals surface area contributed by atoms with Gasteiger partial charge >= 0.3 is 6.09 Å². The first-order valence-corrected chi connectivity index (χ1v) is 5.89. The first-order chi connectivity index (χ1) is 8.85. The van der Waals surface area contributed by atoms with Gasteiger partial charge in [-0.15, -0.1) is 0 Å². The number of benzene rings is 1. The molecule has 1 N–H and O–H groups in total. The van der Waals surface area contributed by atoms with Gasteiger partial charge in [-0.3, -0.25) is 0 Å². The Bertz CT molecular complexity index is 498. The number of carbonyl (C=O) groups excluding carboxylic acids is 1. The summed E-state index contributed by atoms with van der Waals surface area (Å²) in [6.07, 6.45) is -0.484. The van der Waals surface area contributed by atoms with Crippen molar-refractivity contribution in [1.82, 2.24) is 5.32 Å². The van der Waals surface area contributed by atoms with Crippen molar-refractivity contribution in [3.63, 3.8) is 0 Å². The lowest BCUT2D eigenvalue weighted by Crippen LogP contribution is -2.32. The van der Waals surface area contributed by atoms with Gasteiger partial charge in [-0.25, -0.2) is 4.79 Å². The second kappa shape index (κ2) is 6.10. The number of hydrogen-bond donors (Lipinski definition) is 1. The number of ether oxygens (including phenoxy) is 2. The Hall–Kier alpha value is -2.22. The maximum atomic E-state index is 11.5. The summed E-state index contributed by atoms with van der Waals surface area (Å²) in [7, 11) is 1.51. The average molecular weight is 262 g/mol. The highest BCUT2D eigenvalue weighted by atomic mass is 16.6. The Balaban J connectivity index is 2.64. The van der Waals surface area contributed by atoms with Crippen LogP contribution >= 0.6 is 0 Å². The molecule has 0 saturated heterocycles. The molecule has 5 heteroatoms. The Kier molecular flexibility index (Phi) is 4.76. The molecule has 0 aliphatic heterocycles. The quantitative estimate of drug-likeness (QED) is 0.908. The summed E-state index contributed by atoms with van der Waals surface area (Å²) in [6, 6.07) is 7.21. The standard InChI is InChI=1S/C14H18N2O3/c1-14(2,3)19-13(17)16-9-10-5-6-12(18-4)11(7-10)8-15/h5-7H,9H2,1-4H3,(H,16,17). The molecule has 1 aromatic carbocycles. The highest BCUT2D eigenvalue weighted by Gasteiger charge is 2.15. The smallest absolute Gasteiger partial charge is 0.407 e. The number of nitrogens with zero attached hydrogens (tertiary/aromatic N) is 1. The van der Waals surface area contributed by atoms with Crippen LogP contribution in [0, 0.1) is 11.3 Å². The van der Waals surface area contributed by atoms with Gasteiger partial charge in [-0.05, 0) is 38.5 Å². The van der Waals surface area contributed by atoms with Crippen LogP contribution in [0.5, 0.6) is 5.75 Å². The van der Waals surface area contributed by atoms with Gasteiger partial charge in [0.15, 0.2) is 0 Å². The number of alkyl carbamates (subject to hydrolysis) is 1. The van der Waals surface area contributed by atoms with E-state index < -0.39 is 11.7 Å². The topological polar surface area (TPSA) is 71.3 Å². The van der Waals surface area contributed by atoms with E-state index in [-0.39, 0.29) is 0 Å². The monoisotopic (exact) mass is 262 g/mol. The average Bonchev–Trinajstić information content (AvgIpc) is 2.33. The summed E-state index contributed by atoms with van der Waals surface area (Å²) in [5.74, 6) is 0.517. The first kappa shape index (κ1) is 14.8. The number of nitriles is 1. The lowest BCUT2D eigenvalue weighted by molar-refractivity contribution is 0.0523. The van der Waals surface area contributed by atoms with E-state index in [1.807, 2.05) is 6.07 Å². The molecule has 0 radical (unpaired) electrons. The van der Waals surface area contributed by atoms with Crippen molar-refractivity contribution in [2.24, 2.45) is 0 Å². The highest BCUT2D eigenvalue weighted by Crippen LogP contribution is 2.18. The van der Waals surface area contributed by atoms with E-state index in [2.05, 4.69) is 5.32 Å². The minimum Gasteiger partial charge on any atom is -0.495 e. The van der Waals surface area contributed by atoms with Crippen molar-refractivity contribution >= 4 is 6.09 Å². The molecule has 0 aliphatic rings. The Morgan fingerprint density at radius 1 is 1.42 bits per heavy atom. The van der Waals surface area contributed by atoms with E-state index in [0.29, 0.717) is 17.9 Å². The van der Waals surface area contributed by atoms with Gasteiger partial charge in [0.25, 0.3) is 0 Å². The number of hydrogen-bond acceptors (Lipinski definition) is 4. The molecule has 0 atom stereocenters. The van der Waals surface area contributed by atoms with Gasteiger partial charge in [0.2, 0.25) is 0 Å². The van der Waals surface area contributed by atoms with Crippen LogP contribution in [-0.4, -0.2) is 18.8 Å². The molecule has 19 heavy (non-hydrogen) atoms. The van der Waals surface area contributed by atoms with E-state index in [0.717, 1.165) is 5.56 Å². The predicted molar refractivity (Wildman–Crippen MR) is 70.8 cm³/mol. The molecule has 0 aromatic heterocycles. The van der Waals surface area contributed by atoms with Crippen molar-refractivity contribution in [1.29, 1.82) is 5.26 Å². The molecule has 0 saturated carbocycles. The fourth-order valence-corrected chi connectivity index (χ4v) is 1.44. The Labute approximate surface area is 113 Å². The summed E-state index contributed by atoms with van der Waals surface area (Å²) in [4.78, 5) is 11.5. The third-order valence-corrected chi connectivity index (χ3v) is 2.22. The fraction of sp³-hybridized carbons (Fsp3) is 0.429. The second-order valence-electron chi connectivity index (χ2n) is 5.00. The van der Waals surface area contributed by atoms with E-state index in [9.17, 15) is 4.79 Å². The van der Waals surface area contributed by atoms with Crippen molar-refractivity contribution in [3.8, 4) is 11.8 Å².